The maximum atomic E-state index is 5.36. The molecule has 0 unspecified atom stereocenters. The van der Waals surface area contributed by atoms with Crippen molar-refractivity contribution in [3.63, 3.8) is 0 Å². The minimum Gasteiger partial charge on any atom is -0.399 e. The van der Waals surface area contributed by atoms with Crippen LogP contribution in [-0.4, -0.2) is 22.5 Å². The number of aromatic nitrogens is 2. The van der Waals surface area contributed by atoms with Crippen LogP contribution in [0.5, 0.6) is 0 Å². The molecule has 0 radical (unpaired) electrons. The number of anilines is 3. The Balaban J connectivity index is 0.000000491. The second-order valence-electron chi connectivity index (χ2n) is 5.96. The standard InChI is InChI=1S/C12H12N2S.C6H6BrNS.C6H7N.CH3.Na/c1-15-12-11(8-5-9-13-12)14-10-6-3-2-4-7-10;1-9-6-5(7)3-2-4-8-6;7-6-4-2-1-3-5-6;;/h2-9,14H,1H3;2-4H,1H3;1-5H,7H2;1H3;/q;;;-1;+1. The Morgan fingerprint density at radius 1 is 0.727 bits per heavy atom. The van der Waals surface area contributed by atoms with Gasteiger partial charge < -0.3 is 18.5 Å². The zero-order valence-electron chi connectivity index (χ0n) is 19.4. The van der Waals surface area contributed by atoms with E-state index in [0.717, 1.165) is 31.6 Å². The molecule has 0 saturated heterocycles. The van der Waals surface area contributed by atoms with Crippen molar-refractivity contribution in [1.29, 1.82) is 0 Å². The van der Waals surface area contributed by atoms with Crippen molar-refractivity contribution in [2.75, 3.05) is 23.6 Å². The Morgan fingerprint density at radius 2 is 1.24 bits per heavy atom. The molecular formula is C25H28BrN4NaS2. The number of nitrogens with zero attached hydrogens (tertiary/aromatic N) is 2. The van der Waals surface area contributed by atoms with Gasteiger partial charge in [-0.05, 0) is 77.0 Å². The van der Waals surface area contributed by atoms with Crippen molar-refractivity contribution in [3.8, 4) is 0 Å². The first-order valence-electron chi connectivity index (χ1n) is 9.40. The van der Waals surface area contributed by atoms with Crippen LogP contribution in [0.3, 0.4) is 0 Å². The van der Waals surface area contributed by atoms with E-state index in [9.17, 15) is 0 Å². The number of benzene rings is 2. The predicted octanol–water partition coefficient (Wildman–Crippen LogP) is 4.84. The summed E-state index contributed by atoms with van der Waals surface area (Å²) in [6.45, 7) is 0. The molecule has 2 aromatic heterocycles. The molecular weight excluding hydrogens is 523 g/mol. The molecule has 0 aliphatic heterocycles. The van der Waals surface area contributed by atoms with E-state index in [1.54, 1.807) is 29.7 Å². The number of nitrogen functional groups attached to an aromatic ring is 1. The van der Waals surface area contributed by atoms with Gasteiger partial charge in [-0.3, -0.25) is 0 Å². The fourth-order valence-electron chi connectivity index (χ4n) is 2.30. The summed E-state index contributed by atoms with van der Waals surface area (Å²) in [5, 5.41) is 5.39. The number of pyridine rings is 2. The van der Waals surface area contributed by atoms with Crippen LogP contribution in [0.2, 0.25) is 0 Å². The van der Waals surface area contributed by atoms with Crippen molar-refractivity contribution in [2.24, 2.45) is 0 Å². The largest absolute Gasteiger partial charge is 1.00 e. The molecule has 2 aromatic carbocycles. The monoisotopic (exact) mass is 550 g/mol. The minimum absolute atomic E-state index is 0. The summed E-state index contributed by atoms with van der Waals surface area (Å²) in [5.41, 5.74) is 8.32. The third-order valence-corrected chi connectivity index (χ3v) is 6.06. The third-order valence-electron chi connectivity index (χ3n) is 3.73. The first-order chi connectivity index (χ1) is 15.1. The first-order valence-corrected chi connectivity index (χ1v) is 12.6. The second kappa shape index (κ2) is 18.9. The molecule has 0 spiro atoms. The second-order valence-corrected chi connectivity index (χ2v) is 8.40. The van der Waals surface area contributed by atoms with Crippen LogP contribution in [0.1, 0.15) is 0 Å². The fraction of sp³-hybridized carbons (Fsp3) is 0.0800. The first kappa shape index (κ1) is 31.5. The molecule has 0 aliphatic rings. The Hall–Kier alpha value is -1.48. The zero-order valence-corrected chi connectivity index (χ0v) is 24.6. The smallest absolute Gasteiger partial charge is 0.399 e. The summed E-state index contributed by atoms with van der Waals surface area (Å²) in [6, 6.07) is 27.5. The summed E-state index contributed by atoms with van der Waals surface area (Å²) in [5.74, 6) is 0. The molecule has 168 valence electrons. The SMILES string of the molecule is CSc1ncccc1Br.CSc1ncccc1Nc1ccccc1.Nc1ccccc1.[CH3-].[Na+]. The number of para-hydroxylation sites is 2. The van der Waals surface area contributed by atoms with Gasteiger partial charge in [0.05, 0.1) is 5.69 Å². The number of hydrogen-bond donors (Lipinski definition) is 2. The van der Waals surface area contributed by atoms with Crippen LogP contribution in [0.15, 0.2) is 112 Å². The van der Waals surface area contributed by atoms with Gasteiger partial charge in [-0.2, -0.15) is 0 Å². The maximum Gasteiger partial charge on any atom is 1.00 e. The fourth-order valence-corrected chi connectivity index (χ4v) is 3.98. The van der Waals surface area contributed by atoms with Gasteiger partial charge in [-0.25, -0.2) is 9.97 Å². The van der Waals surface area contributed by atoms with Gasteiger partial charge in [0.25, 0.3) is 0 Å². The summed E-state index contributed by atoms with van der Waals surface area (Å²) in [7, 11) is 0. The van der Waals surface area contributed by atoms with E-state index < -0.39 is 0 Å². The molecule has 4 rings (SSSR count). The molecule has 0 fully saturated rings. The number of nitrogens with one attached hydrogen (secondary N) is 1. The van der Waals surface area contributed by atoms with Crippen LogP contribution in [0, 0.1) is 7.43 Å². The Morgan fingerprint density at radius 3 is 1.70 bits per heavy atom. The van der Waals surface area contributed by atoms with Gasteiger partial charge in [-0.1, -0.05) is 36.4 Å². The summed E-state index contributed by atoms with van der Waals surface area (Å²) >= 11 is 6.65. The number of rotatable bonds is 4. The zero-order chi connectivity index (χ0) is 22.3. The Bertz CT molecular complexity index is 1020. The number of hydrogen-bond acceptors (Lipinski definition) is 6. The van der Waals surface area contributed by atoms with Crippen molar-refractivity contribution < 1.29 is 29.6 Å². The normalized spacial score (nSPS) is 8.94. The van der Waals surface area contributed by atoms with E-state index in [-0.39, 0.29) is 37.0 Å². The summed E-state index contributed by atoms with van der Waals surface area (Å²) in [4.78, 5) is 8.41. The van der Waals surface area contributed by atoms with Crippen LogP contribution in [-0.2, 0) is 0 Å². The van der Waals surface area contributed by atoms with Crippen molar-refractivity contribution in [2.45, 2.75) is 10.1 Å². The molecule has 33 heavy (non-hydrogen) atoms. The van der Waals surface area contributed by atoms with Crippen molar-refractivity contribution in [1.82, 2.24) is 9.97 Å². The summed E-state index contributed by atoms with van der Waals surface area (Å²) < 4.78 is 1.07. The van der Waals surface area contributed by atoms with Gasteiger partial charge in [0, 0.05) is 28.2 Å². The molecule has 0 aliphatic carbocycles. The molecule has 3 N–H and O–H groups in total. The molecule has 0 bridgehead atoms. The molecule has 0 amide bonds. The minimum atomic E-state index is 0. The molecule has 4 nitrogen and oxygen atoms in total. The van der Waals surface area contributed by atoms with Crippen LogP contribution >= 0.6 is 39.5 Å². The predicted molar refractivity (Wildman–Crippen MR) is 147 cm³/mol. The average Bonchev–Trinajstić information content (AvgIpc) is 2.82. The third kappa shape index (κ3) is 12.5. The summed E-state index contributed by atoms with van der Waals surface area (Å²) in [6.07, 6.45) is 7.63. The van der Waals surface area contributed by atoms with Gasteiger partial charge in [-0.15, -0.1) is 23.5 Å². The quantitative estimate of drug-likeness (QED) is 0.164. The van der Waals surface area contributed by atoms with Crippen LogP contribution in [0.4, 0.5) is 17.1 Å². The molecule has 0 saturated carbocycles. The average molecular weight is 552 g/mol. The molecule has 2 heterocycles. The van der Waals surface area contributed by atoms with E-state index in [1.807, 2.05) is 104 Å². The van der Waals surface area contributed by atoms with Crippen molar-refractivity contribution in [3.05, 3.63) is 109 Å². The number of halogens is 1. The van der Waals surface area contributed by atoms with Gasteiger partial charge in [0.2, 0.25) is 0 Å². The van der Waals surface area contributed by atoms with Crippen LogP contribution < -0.4 is 40.6 Å². The number of nitrogens with two attached hydrogens (primary N) is 1. The Kier molecular flexibility index (Phi) is 18.0. The van der Waals surface area contributed by atoms with Crippen LogP contribution in [0.25, 0.3) is 0 Å². The maximum absolute atomic E-state index is 5.36. The van der Waals surface area contributed by atoms with E-state index >= 15 is 0 Å². The Labute approximate surface area is 237 Å². The molecule has 4 aromatic rings. The molecule has 8 heteroatoms. The van der Waals surface area contributed by atoms with Gasteiger partial charge in [0.15, 0.2) is 0 Å². The van der Waals surface area contributed by atoms with E-state index in [2.05, 4.69) is 31.2 Å². The number of thioether (sulfide) groups is 2. The van der Waals surface area contributed by atoms with Gasteiger partial charge >= 0.3 is 29.6 Å². The van der Waals surface area contributed by atoms with E-state index in [1.165, 1.54) is 0 Å². The van der Waals surface area contributed by atoms with E-state index in [4.69, 9.17) is 5.73 Å². The van der Waals surface area contributed by atoms with Gasteiger partial charge in [0.1, 0.15) is 10.1 Å². The van der Waals surface area contributed by atoms with E-state index in [0.29, 0.717) is 0 Å². The topological polar surface area (TPSA) is 63.8 Å². The molecule has 0 atom stereocenters. The van der Waals surface area contributed by atoms with Crippen molar-refractivity contribution >= 4 is 56.5 Å².